The van der Waals surface area contributed by atoms with Crippen molar-refractivity contribution in [1.29, 1.82) is 0 Å². The van der Waals surface area contributed by atoms with Crippen LogP contribution in [0, 0.1) is 12.7 Å². The molecule has 1 aliphatic heterocycles. The summed E-state index contributed by atoms with van der Waals surface area (Å²) in [6.45, 7) is 4.66. The highest BCUT2D eigenvalue weighted by molar-refractivity contribution is 7.08. The van der Waals surface area contributed by atoms with Crippen LogP contribution in [0.25, 0.3) is 11.3 Å². The maximum Gasteiger partial charge on any atom is 0.253 e. The summed E-state index contributed by atoms with van der Waals surface area (Å²) in [5.74, 6) is -0.221. The number of hydrogen-bond acceptors (Lipinski definition) is 3. The Bertz CT molecular complexity index is 978. The summed E-state index contributed by atoms with van der Waals surface area (Å²) in [5, 5.41) is 7.36. The molecule has 3 aromatic rings. The fraction of sp³-hybridized carbons (Fsp3) is 0.348. The Hall–Kier alpha value is -2.44. The zero-order chi connectivity index (χ0) is 20.4. The number of benzene rings is 1. The lowest BCUT2D eigenvalue weighted by molar-refractivity contribution is 0.0937. The van der Waals surface area contributed by atoms with Crippen molar-refractivity contribution in [2.24, 2.45) is 0 Å². The van der Waals surface area contributed by atoms with E-state index >= 15 is 0 Å². The first-order valence-electron chi connectivity index (χ1n) is 9.98. The van der Waals surface area contributed by atoms with Crippen molar-refractivity contribution < 1.29 is 9.18 Å². The second-order valence-corrected chi connectivity index (χ2v) is 8.57. The third-order valence-electron chi connectivity index (χ3n) is 5.69. The molecular formula is C23H26FN3OS. The van der Waals surface area contributed by atoms with Crippen molar-refractivity contribution in [2.45, 2.75) is 32.4 Å². The van der Waals surface area contributed by atoms with E-state index in [1.807, 2.05) is 25.1 Å². The molecular weight excluding hydrogens is 385 g/mol. The summed E-state index contributed by atoms with van der Waals surface area (Å²) in [5.41, 5.74) is 4.96. The van der Waals surface area contributed by atoms with E-state index in [0.29, 0.717) is 0 Å². The molecule has 0 unspecified atom stereocenters. The first-order chi connectivity index (χ1) is 14.0. The zero-order valence-electron chi connectivity index (χ0n) is 16.8. The van der Waals surface area contributed by atoms with Gasteiger partial charge in [-0.1, -0.05) is 12.1 Å². The van der Waals surface area contributed by atoms with Crippen LogP contribution in [0.4, 0.5) is 4.39 Å². The van der Waals surface area contributed by atoms with Crippen LogP contribution in [0.15, 0.2) is 47.2 Å². The topological polar surface area (TPSA) is 37.3 Å². The molecule has 0 bridgehead atoms. The summed E-state index contributed by atoms with van der Waals surface area (Å²) in [6.07, 6.45) is 1.77. The molecule has 1 saturated heterocycles. The molecule has 4 rings (SSSR count). The molecule has 0 aliphatic carbocycles. The molecule has 0 saturated carbocycles. The molecule has 0 radical (unpaired) electrons. The van der Waals surface area contributed by atoms with Crippen LogP contribution in [0.3, 0.4) is 0 Å². The molecule has 152 valence electrons. The summed E-state index contributed by atoms with van der Waals surface area (Å²) in [4.78, 5) is 15.2. The minimum atomic E-state index is -0.221. The lowest BCUT2D eigenvalue weighted by atomic mass is 10.1. The molecule has 1 fully saturated rings. The number of aryl methyl sites for hydroxylation is 1. The van der Waals surface area contributed by atoms with Crippen molar-refractivity contribution in [3.05, 3.63) is 69.8 Å². The monoisotopic (exact) mass is 411 g/mol. The summed E-state index contributed by atoms with van der Waals surface area (Å²) in [6, 6.07) is 10.9. The SMILES string of the molecule is Cc1c(C(=O)N[C@@H]2CCN(C)C2)cc(-c2ccsc2)n1CCc1ccc(F)cc1. The van der Waals surface area contributed by atoms with Crippen molar-refractivity contribution in [3.63, 3.8) is 0 Å². The molecule has 6 heteroatoms. The largest absolute Gasteiger partial charge is 0.348 e. The predicted molar refractivity (Wildman–Crippen MR) is 116 cm³/mol. The number of amides is 1. The Balaban J connectivity index is 1.58. The number of halogens is 1. The highest BCUT2D eigenvalue weighted by atomic mass is 32.1. The summed E-state index contributed by atoms with van der Waals surface area (Å²) < 4.78 is 15.4. The number of nitrogens with one attached hydrogen (secondary N) is 1. The standard InChI is InChI=1S/C23H26FN3OS/c1-16-21(23(28)25-20-8-10-26(2)14-20)13-22(18-9-12-29-15-18)27(16)11-7-17-3-5-19(24)6-4-17/h3-6,9,12-13,15,20H,7-8,10-11,14H2,1-2H3,(H,25,28)/t20-/m1/s1. The number of aromatic nitrogens is 1. The van der Waals surface area contributed by atoms with Gasteiger partial charge < -0.3 is 14.8 Å². The number of carbonyl (C=O) groups is 1. The van der Waals surface area contributed by atoms with E-state index in [1.54, 1.807) is 11.3 Å². The molecule has 1 aliphatic rings. The molecule has 0 spiro atoms. The minimum absolute atomic E-state index is 0.000174. The van der Waals surface area contributed by atoms with Gasteiger partial charge in [0.15, 0.2) is 0 Å². The number of carbonyl (C=O) groups excluding carboxylic acids is 1. The molecule has 29 heavy (non-hydrogen) atoms. The zero-order valence-corrected chi connectivity index (χ0v) is 17.6. The van der Waals surface area contributed by atoms with Crippen LogP contribution in [-0.4, -0.2) is 41.6 Å². The maximum atomic E-state index is 13.2. The van der Waals surface area contributed by atoms with Gasteiger partial charge in [-0.05, 0) is 68.6 Å². The minimum Gasteiger partial charge on any atom is -0.348 e. The molecule has 4 nitrogen and oxygen atoms in total. The maximum absolute atomic E-state index is 13.2. The van der Waals surface area contributed by atoms with Gasteiger partial charge in [0.1, 0.15) is 5.82 Å². The molecule has 1 N–H and O–H groups in total. The Kier molecular flexibility index (Phi) is 5.83. The van der Waals surface area contributed by atoms with Crippen LogP contribution in [-0.2, 0) is 13.0 Å². The predicted octanol–water partition coefficient (Wildman–Crippen LogP) is 4.34. The molecule has 1 atom stereocenters. The van der Waals surface area contributed by atoms with Crippen LogP contribution in [0.5, 0.6) is 0 Å². The fourth-order valence-corrected chi connectivity index (χ4v) is 4.67. The Morgan fingerprint density at radius 2 is 2.07 bits per heavy atom. The van der Waals surface area contributed by atoms with Gasteiger partial charge in [-0.3, -0.25) is 4.79 Å². The van der Waals surface area contributed by atoms with Crippen LogP contribution < -0.4 is 5.32 Å². The van der Waals surface area contributed by atoms with Crippen LogP contribution >= 0.6 is 11.3 Å². The lowest BCUT2D eigenvalue weighted by Crippen LogP contribution is -2.36. The van der Waals surface area contributed by atoms with Gasteiger partial charge in [0.05, 0.1) is 5.56 Å². The Morgan fingerprint density at radius 1 is 1.28 bits per heavy atom. The number of thiophene rings is 1. The molecule has 1 amide bonds. The summed E-state index contributed by atoms with van der Waals surface area (Å²) >= 11 is 1.65. The Morgan fingerprint density at radius 3 is 2.72 bits per heavy atom. The number of likely N-dealkylation sites (tertiary alicyclic amines) is 1. The van der Waals surface area contributed by atoms with Gasteiger partial charge in [-0.25, -0.2) is 4.39 Å². The molecule has 1 aromatic carbocycles. The number of hydrogen-bond donors (Lipinski definition) is 1. The second-order valence-electron chi connectivity index (χ2n) is 7.79. The molecule has 3 heterocycles. The van der Waals surface area contributed by atoms with E-state index in [9.17, 15) is 9.18 Å². The van der Waals surface area contributed by atoms with Crippen molar-refractivity contribution in [2.75, 3.05) is 20.1 Å². The third kappa shape index (κ3) is 4.43. The van der Waals surface area contributed by atoms with Gasteiger partial charge >= 0.3 is 0 Å². The van der Waals surface area contributed by atoms with E-state index in [2.05, 4.69) is 38.7 Å². The van der Waals surface area contributed by atoms with Crippen LogP contribution in [0.2, 0.25) is 0 Å². The highest BCUT2D eigenvalue weighted by Gasteiger charge is 2.24. The summed E-state index contributed by atoms with van der Waals surface area (Å²) in [7, 11) is 2.08. The Labute approximate surface area is 175 Å². The third-order valence-corrected chi connectivity index (χ3v) is 6.38. The number of nitrogens with zero attached hydrogens (tertiary/aromatic N) is 2. The van der Waals surface area contributed by atoms with Gasteiger partial charge in [0, 0.05) is 41.5 Å². The quantitative estimate of drug-likeness (QED) is 0.655. The first kappa shape index (κ1) is 19.9. The van der Waals surface area contributed by atoms with Gasteiger partial charge in [0.25, 0.3) is 5.91 Å². The van der Waals surface area contributed by atoms with Gasteiger partial charge in [-0.2, -0.15) is 11.3 Å². The second kappa shape index (κ2) is 8.51. The van der Waals surface area contributed by atoms with E-state index in [1.165, 1.54) is 12.1 Å². The van der Waals surface area contributed by atoms with Gasteiger partial charge in [-0.15, -0.1) is 0 Å². The van der Waals surface area contributed by atoms with Crippen molar-refractivity contribution >= 4 is 17.2 Å². The van der Waals surface area contributed by atoms with E-state index in [0.717, 1.165) is 60.6 Å². The van der Waals surface area contributed by atoms with Crippen LogP contribution in [0.1, 0.15) is 28.0 Å². The highest BCUT2D eigenvalue weighted by Crippen LogP contribution is 2.28. The van der Waals surface area contributed by atoms with Crippen molar-refractivity contribution in [1.82, 2.24) is 14.8 Å². The van der Waals surface area contributed by atoms with Gasteiger partial charge in [0.2, 0.25) is 0 Å². The first-order valence-corrected chi connectivity index (χ1v) is 10.9. The van der Waals surface area contributed by atoms with E-state index < -0.39 is 0 Å². The van der Waals surface area contributed by atoms with E-state index in [4.69, 9.17) is 0 Å². The van der Waals surface area contributed by atoms with E-state index in [-0.39, 0.29) is 17.8 Å². The normalized spacial score (nSPS) is 17.0. The van der Waals surface area contributed by atoms with Crippen molar-refractivity contribution in [3.8, 4) is 11.3 Å². The average molecular weight is 412 g/mol. The number of likely N-dealkylation sites (N-methyl/N-ethyl adjacent to an activating group) is 1. The fourth-order valence-electron chi connectivity index (χ4n) is 4.02. The lowest BCUT2D eigenvalue weighted by Gasteiger charge is -2.14. The average Bonchev–Trinajstić information content (AvgIpc) is 3.42. The smallest absolute Gasteiger partial charge is 0.253 e. The molecule has 2 aromatic heterocycles. The number of rotatable bonds is 6.